The van der Waals surface area contributed by atoms with Gasteiger partial charge in [-0.25, -0.2) is 0 Å². The molecule has 2 saturated heterocycles. The fraction of sp³-hybridized carbons (Fsp3) is 0.737. The largest absolute Gasteiger partial charge is 0.381 e. The lowest BCUT2D eigenvalue weighted by molar-refractivity contribution is 0.0693. The molecule has 0 bridgehead atoms. The van der Waals surface area contributed by atoms with Crippen LogP contribution in [0.1, 0.15) is 55.9 Å². The van der Waals surface area contributed by atoms with Crippen LogP contribution in [0.5, 0.6) is 0 Å². The molecule has 0 radical (unpaired) electrons. The minimum absolute atomic E-state index is 0.157. The first-order valence-corrected chi connectivity index (χ1v) is 9.92. The van der Waals surface area contributed by atoms with Crippen LogP contribution in [-0.4, -0.2) is 65.9 Å². The highest BCUT2D eigenvalue weighted by Crippen LogP contribution is 2.16. The van der Waals surface area contributed by atoms with Crippen molar-refractivity contribution in [2.45, 2.75) is 57.5 Å². The van der Waals surface area contributed by atoms with Crippen LogP contribution in [-0.2, 0) is 4.74 Å². The van der Waals surface area contributed by atoms with E-state index in [4.69, 9.17) is 4.74 Å². The van der Waals surface area contributed by atoms with Gasteiger partial charge in [-0.1, -0.05) is 6.42 Å². The van der Waals surface area contributed by atoms with Crippen molar-refractivity contribution in [1.82, 2.24) is 20.4 Å². The Bertz CT molecular complexity index is 560. The molecule has 2 aliphatic rings. The van der Waals surface area contributed by atoms with Gasteiger partial charge in [0.15, 0.2) is 5.69 Å². The number of amides is 1. The lowest BCUT2D eigenvalue weighted by atomic mass is 10.0. The number of carbonyl (C=O) groups excluding carboxylic acids is 1. The second-order valence-electron chi connectivity index (χ2n) is 7.33. The minimum atomic E-state index is -0.157. The summed E-state index contributed by atoms with van der Waals surface area (Å²) in [5.74, 6) is 0.564. The first-order chi connectivity index (χ1) is 12.7. The maximum atomic E-state index is 12.2. The van der Waals surface area contributed by atoms with Crippen molar-refractivity contribution >= 4 is 11.7 Å². The summed E-state index contributed by atoms with van der Waals surface area (Å²) in [6, 6.07) is 4.44. The molecule has 2 N–H and O–H groups in total. The Morgan fingerprint density at radius 2 is 2.08 bits per heavy atom. The molecule has 0 spiro atoms. The number of hydrogen-bond acceptors (Lipinski definition) is 6. The molecule has 1 aromatic heterocycles. The van der Waals surface area contributed by atoms with Crippen molar-refractivity contribution in [3.8, 4) is 0 Å². The molecule has 7 heteroatoms. The fourth-order valence-electron chi connectivity index (χ4n) is 3.64. The normalized spacial score (nSPS) is 22.1. The minimum Gasteiger partial charge on any atom is -0.381 e. The van der Waals surface area contributed by atoms with Gasteiger partial charge in [-0.15, -0.1) is 10.2 Å². The Hall–Kier alpha value is -1.73. The van der Waals surface area contributed by atoms with Crippen molar-refractivity contribution < 1.29 is 9.53 Å². The topological polar surface area (TPSA) is 79.4 Å². The number of nitrogens with one attached hydrogen (secondary N) is 2. The number of anilines is 1. The van der Waals surface area contributed by atoms with Gasteiger partial charge in [0, 0.05) is 38.4 Å². The third kappa shape index (κ3) is 5.64. The average Bonchev–Trinajstić information content (AvgIpc) is 2.68. The number of likely N-dealkylation sites (tertiary alicyclic amines) is 1. The van der Waals surface area contributed by atoms with Crippen molar-refractivity contribution in [3.63, 3.8) is 0 Å². The molecule has 26 heavy (non-hydrogen) atoms. The Balaban J connectivity index is 1.37. The summed E-state index contributed by atoms with van der Waals surface area (Å²) in [4.78, 5) is 14.8. The van der Waals surface area contributed by atoms with Crippen molar-refractivity contribution in [2.75, 3.05) is 38.2 Å². The molecule has 1 amide bonds. The Morgan fingerprint density at radius 3 is 2.81 bits per heavy atom. The van der Waals surface area contributed by atoms with E-state index in [1.165, 1.54) is 25.8 Å². The molecule has 2 fully saturated rings. The maximum Gasteiger partial charge on any atom is 0.272 e. The molecular weight excluding hydrogens is 330 g/mol. The van der Waals surface area contributed by atoms with Crippen LogP contribution in [0.25, 0.3) is 0 Å². The molecule has 1 aromatic rings. The van der Waals surface area contributed by atoms with Gasteiger partial charge in [0.1, 0.15) is 5.82 Å². The fourth-order valence-corrected chi connectivity index (χ4v) is 3.64. The molecule has 0 aliphatic carbocycles. The summed E-state index contributed by atoms with van der Waals surface area (Å²) in [5, 5.41) is 14.5. The van der Waals surface area contributed by atoms with E-state index in [1.807, 2.05) is 6.07 Å². The SMILES string of the molecule is CC1CCCCN1CCCNc1ccc(C(=O)NC2CCOCC2)nn1. The van der Waals surface area contributed by atoms with Crippen LogP contribution >= 0.6 is 0 Å². The Labute approximate surface area is 155 Å². The number of carbonyl (C=O) groups is 1. The van der Waals surface area contributed by atoms with Crippen molar-refractivity contribution in [2.24, 2.45) is 0 Å². The predicted molar refractivity (Wildman–Crippen MR) is 101 cm³/mol. The van der Waals surface area contributed by atoms with Crippen LogP contribution in [0.3, 0.4) is 0 Å². The third-order valence-corrected chi connectivity index (χ3v) is 5.32. The van der Waals surface area contributed by atoms with E-state index >= 15 is 0 Å². The van der Waals surface area contributed by atoms with Crippen LogP contribution < -0.4 is 10.6 Å². The second kappa shape index (κ2) is 9.83. The van der Waals surface area contributed by atoms with Gasteiger partial charge < -0.3 is 20.3 Å². The second-order valence-corrected chi connectivity index (χ2v) is 7.33. The van der Waals surface area contributed by atoms with Gasteiger partial charge >= 0.3 is 0 Å². The zero-order valence-electron chi connectivity index (χ0n) is 15.7. The summed E-state index contributed by atoms with van der Waals surface area (Å²) in [6.07, 6.45) is 6.79. The molecule has 1 atom stereocenters. The van der Waals surface area contributed by atoms with Crippen LogP contribution in [0.15, 0.2) is 12.1 Å². The molecular formula is C19H31N5O2. The van der Waals surface area contributed by atoms with E-state index in [-0.39, 0.29) is 11.9 Å². The van der Waals surface area contributed by atoms with Crippen LogP contribution in [0, 0.1) is 0 Å². The van der Waals surface area contributed by atoms with Crippen molar-refractivity contribution in [3.05, 3.63) is 17.8 Å². The zero-order chi connectivity index (χ0) is 18.2. The van der Waals surface area contributed by atoms with E-state index in [0.717, 1.165) is 38.2 Å². The highest BCUT2D eigenvalue weighted by Gasteiger charge is 2.18. The summed E-state index contributed by atoms with van der Waals surface area (Å²) in [5.41, 5.74) is 0.365. The molecule has 3 heterocycles. The molecule has 1 unspecified atom stereocenters. The number of piperidine rings is 1. The molecule has 0 aromatic carbocycles. The van der Waals surface area contributed by atoms with E-state index in [9.17, 15) is 4.79 Å². The summed E-state index contributed by atoms with van der Waals surface area (Å²) in [6.45, 7) is 6.93. The van der Waals surface area contributed by atoms with E-state index in [1.54, 1.807) is 6.07 Å². The monoisotopic (exact) mass is 361 g/mol. The van der Waals surface area contributed by atoms with Crippen LogP contribution in [0.4, 0.5) is 5.82 Å². The van der Waals surface area contributed by atoms with Gasteiger partial charge in [0.25, 0.3) is 5.91 Å². The average molecular weight is 361 g/mol. The smallest absolute Gasteiger partial charge is 0.272 e. The molecule has 7 nitrogen and oxygen atoms in total. The third-order valence-electron chi connectivity index (χ3n) is 5.32. The lowest BCUT2D eigenvalue weighted by Gasteiger charge is -2.33. The first-order valence-electron chi connectivity index (χ1n) is 9.92. The molecule has 144 valence electrons. The number of nitrogens with zero attached hydrogens (tertiary/aromatic N) is 3. The summed E-state index contributed by atoms with van der Waals surface area (Å²) >= 11 is 0. The highest BCUT2D eigenvalue weighted by atomic mass is 16.5. The molecule has 0 saturated carbocycles. The molecule has 2 aliphatic heterocycles. The number of aromatic nitrogens is 2. The van der Waals surface area contributed by atoms with E-state index < -0.39 is 0 Å². The predicted octanol–water partition coefficient (Wildman–Crippen LogP) is 2.06. The summed E-state index contributed by atoms with van der Waals surface area (Å²) < 4.78 is 5.30. The quantitative estimate of drug-likeness (QED) is 0.724. The lowest BCUT2D eigenvalue weighted by Crippen LogP contribution is -2.39. The van der Waals surface area contributed by atoms with Gasteiger partial charge in [-0.2, -0.15) is 0 Å². The first kappa shape index (κ1) is 19.0. The highest BCUT2D eigenvalue weighted by molar-refractivity contribution is 5.92. The molecule has 3 rings (SSSR count). The Morgan fingerprint density at radius 1 is 1.23 bits per heavy atom. The van der Waals surface area contributed by atoms with Crippen LogP contribution in [0.2, 0.25) is 0 Å². The van der Waals surface area contributed by atoms with E-state index in [2.05, 4.69) is 32.7 Å². The number of hydrogen-bond donors (Lipinski definition) is 2. The summed E-state index contributed by atoms with van der Waals surface area (Å²) in [7, 11) is 0. The number of ether oxygens (including phenoxy) is 1. The zero-order valence-corrected chi connectivity index (χ0v) is 15.7. The van der Waals surface area contributed by atoms with Gasteiger partial charge in [0.05, 0.1) is 0 Å². The van der Waals surface area contributed by atoms with Gasteiger partial charge in [-0.05, 0) is 57.7 Å². The maximum absolute atomic E-state index is 12.2. The standard InChI is InChI=1S/C19H31N5O2/c1-15-5-2-3-11-24(15)12-4-10-20-18-7-6-17(22-23-18)19(25)21-16-8-13-26-14-9-16/h6-7,15-16H,2-5,8-14H2,1H3,(H,20,23)(H,21,25). The van der Waals surface area contributed by atoms with Gasteiger partial charge in [0.2, 0.25) is 0 Å². The van der Waals surface area contributed by atoms with E-state index in [0.29, 0.717) is 24.9 Å². The Kier molecular flexibility index (Phi) is 7.20. The van der Waals surface area contributed by atoms with Crippen molar-refractivity contribution in [1.29, 1.82) is 0 Å². The van der Waals surface area contributed by atoms with Gasteiger partial charge in [-0.3, -0.25) is 4.79 Å². The number of rotatable bonds is 7.